The van der Waals surface area contributed by atoms with Crippen molar-refractivity contribution in [2.75, 3.05) is 13.2 Å². The summed E-state index contributed by atoms with van der Waals surface area (Å²) in [5, 5.41) is 9.17. The molecule has 1 fully saturated rings. The van der Waals surface area contributed by atoms with Crippen LogP contribution in [0.1, 0.15) is 19.8 Å². The minimum atomic E-state index is -0.169. The highest BCUT2D eigenvalue weighted by Crippen LogP contribution is 2.33. The predicted octanol–water partition coefficient (Wildman–Crippen LogP) is 2.76. The first kappa shape index (κ1) is 14.8. The first-order valence-corrected chi connectivity index (χ1v) is 8.82. The Morgan fingerprint density at radius 2 is 2.38 bits per heavy atom. The molecule has 0 bridgehead atoms. The van der Waals surface area contributed by atoms with Gasteiger partial charge in [0.2, 0.25) is 5.91 Å². The number of thiazole rings is 1. The number of likely N-dealkylation sites (tertiary alicyclic amines) is 1. The van der Waals surface area contributed by atoms with Crippen LogP contribution in [0.5, 0.6) is 0 Å². The van der Waals surface area contributed by atoms with Crippen LogP contribution in [-0.4, -0.2) is 45.3 Å². The molecule has 1 saturated heterocycles. The maximum Gasteiger partial charge on any atom is 0.236 e. The van der Waals surface area contributed by atoms with E-state index in [-0.39, 0.29) is 23.8 Å². The number of carbonyl (C=O) groups excluding carboxylic acids is 1. The third kappa shape index (κ3) is 3.07. The van der Waals surface area contributed by atoms with Gasteiger partial charge in [0.15, 0.2) is 4.34 Å². The van der Waals surface area contributed by atoms with Crippen LogP contribution >= 0.6 is 23.1 Å². The van der Waals surface area contributed by atoms with Gasteiger partial charge < -0.3 is 10.0 Å². The Bertz CT molecular complexity index is 610. The molecule has 1 aromatic carbocycles. The Labute approximate surface area is 132 Å². The van der Waals surface area contributed by atoms with Crippen molar-refractivity contribution in [3.63, 3.8) is 0 Å². The number of benzene rings is 1. The Morgan fingerprint density at radius 3 is 3.14 bits per heavy atom. The zero-order valence-electron chi connectivity index (χ0n) is 11.9. The topological polar surface area (TPSA) is 53.4 Å². The fraction of sp³-hybridized carbons (Fsp3) is 0.467. The number of hydrogen-bond acceptors (Lipinski definition) is 5. The number of aliphatic hydroxyl groups excluding tert-OH is 1. The first-order chi connectivity index (χ1) is 10.2. The van der Waals surface area contributed by atoms with Crippen molar-refractivity contribution in [1.29, 1.82) is 0 Å². The van der Waals surface area contributed by atoms with Crippen molar-refractivity contribution < 1.29 is 9.90 Å². The number of fused-ring (bicyclic) bond motifs is 1. The van der Waals surface area contributed by atoms with Gasteiger partial charge in [0.05, 0.1) is 28.1 Å². The van der Waals surface area contributed by atoms with E-state index in [4.69, 9.17) is 0 Å². The smallest absolute Gasteiger partial charge is 0.236 e. The number of aromatic nitrogens is 1. The molecular formula is C15H18N2O2S2. The fourth-order valence-electron chi connectivity index (χ4n) is 2.65. The number of para-hydroxylation sites is 1. The highest BCUT2D eigenvalue weighted by atomic mass is 32.2. The molecule has 1 aliphatic rings. The van der Waals surface area contributed by atoms with E-state index in [0.29, 0.717) is 0 Å². The highest BCUT2D eigenvalue weighted by Gasteiger charge is 2.31. The molecule has 112 valence electrons. The fourth-order valence-corrected chi connectivity index (χ4v) is 4.93. The Balaban J connectivity index is 1.70. The van der Waals surface area contributed by atoms with E-state index in [0.717, 1.165) is 33.9 Å². The number of thioether (sulfide) groups is 1. The number of aliphatic hydroxyl groups is 1. The zero-order chi connectivity index (χ0) is 14.8. The van der Waals surface area contributed by atoms with E-state index in [1.165, 1.54) is 11.8 Å². The van der Waals surface area contributed by atoms with Gasteiger partial charge in [-0.05, 0) is 31.9 Å². The first-order valence-electron chi connectivity index (χ1n) is 7.12. The summed E-state index contributed by atoms with van der Waals surface area (Å²) in [7, 11) is 0. The van der Waals surface area contributed by atoms with Crippen molar-refractivity contribution in [1.82, 2.24) is 9.88 Å². The number of hydrogen-bond donors (Lipinski definition) is 1. The molecule has 1 N–H and O–H groups in total. The largest absolute Gasteiger partial charge is 0.394 e. The molecule has 3 rings (SSSR count). The van der Waals surface area contributed by atoms with E-state index in [1.54, 1.807) is 11.3 Å². The van der Waals surface area contributed by atoms with Crippen molar-refractivity contribution in [2.24, 2.45) is 0 Å². The van der Waals surface area contributed by atoms with Crippen LogP contribution in [0, 0.1) is 0 Å². The second kappa shape index (κ2) is 6.34. The molecule has 1 aromatic heterocycles. The molecule has 6 heteroatoms. The summed E-state index contributed by atoms with van der Waals surface area (Å²) < 4.78 is 2.07. The molecular weight excluding hydrogens is 304 g/mol. The van der Waals surface area contributed by atoms with E-state index in [9.17, 15) is 9.90 Å². The lowest BCUT2D eigenvalue weighted by Gasteiger charge is -2.25. The minimum absolute atomic E-state index is 0.00378. The zero-order valence-corrected chi connectivity index (χ0v) is 13.5. The number of rotatable bonds is 4. The van der Waals surface area contributed by atoms with Crippen LogP contribution < -0.4 is 0 Å². The lowest BCUT2D eigenvalue weighted by atomic mass is 10.2. The highest BCUT2D eigenvalue weighted by molar-refractivity contribution is 8.02. The van der Waals surface area contributed by atoms with Crippen LogP contribution in [-0.2, 0) is 4.79 Å². The van der Waals surface area contributed by atoms with E-state index in [2.05, 4.69) is 4.98 Å². The summed E-state index contributed by atoms with van der Waals surface area (Å²) in [6.45, 7) is 2.74. The third-order valence-corrected chi connectivity index (χ3v) is 5.99. The molecule has 1 aliphatic heterocycles. The van der Waals surface area contributed by atoms with Gasteiger partial charge in [-0.3, -0.25) is 4.79 Å². The SMILES string of the molecule is CC(Sc1nc2ccccc2s1)C(=O)N1CCC[C@@H]1CO. The normalized spacial score (nSPS) is 20.1. The summed E-state index contributed by atoms with van der Waals surface area (Å²) in [5.41, 5.74) is 0.985. The van der Waals surface area contributed by atoms with Gasteiger partial charge in [0, 0.05) is 6.54 Å². The number of nitrogens with zero attached hydrogens (tertiary/aromatic N) is 2. The van der Waals surface area contributed by atoms with Crippen molar-refractivity contribution in [3.8, 4) is 0 Å². The summed E-state index contributed by atoms with van der Waals surface area (Å²) in [5.74, 6) is 0.107. The minimum Gasteiger partial charge on any atom is -0.394 e. The Hall–Kier alpha value is -1.11. The number of carbonyl (C=O) groups is 1. The second-order valence-electron chi connectivity index (χ2n) is 5.22. The summed E-state index contributed by atoms with van der Waals surface area (Å²) >= 11 is 3.14. The van der Waals surface area contributed by atoms with Gasteiger partial charge in [0.25, 0.3) is 0 Å². The molecule has 0 spiro atoms. The van der Waals surface area contributed by atoms with E-state index in [1.807, 2.05) is 36.1 Å². The molecule has 0 aliphatic carbocycles. The van der Waals surface area contributed by atoms with Crippen molar-refractivity contribution in [2.45, 2.75) is 35.4 Å². The van der Waals surface area contributed by atoms with Gasteiger partial charge in [-0.1, -0.05) is 23.9 Å². The van der Waals surface area contributed by atoms with E-state index < -0.39 is 0 Å². The van der Waals surface area contributed by atoms with Gasteiger partial charge >= 0.3 is 0 Å². The summed E-state index contributed by atoms with van der Waals surface area (Å²) in [6.07, 6.45) is 1.89. The standard InChI is InChI=1S/C15H18N2O2S2/c1-10(14(19)17-8-4-5-11(17)9-18)20-15-16-12-6-2-3-7-13(12)21-15/h2-3,6-7,10-11,18H,4-5,8-9H2,1H3/t10?,11-/m1/s1. The van der Waals surface area contributed by atoms with Gasteiger partial charge in [-0.25, -0.2) is 4.98 Å². The van der Waals surface area contributed by atoms with Crippen LogP contribution in [0.15, 0.2) is 28.6 Å². The quantitative estimate of drug-likeness (QED) is 0.880. The molecule has 21 heavy (non-hydrogen) atoms. The molecule has 1 unspecified atom stereocenters. The van der Waals surface area contributed by atoms with Crippen LogP contribution in [0.2, 0.25) is 0 Å². The number of amides is 1. The predicted molar refractivity (Wildman–Crippen MR) is 86.8 cm³/mol. The maximum atomic E-state index is 12.5. The average Bonchev–Trinajstić information content (AvgIpc) is 3.11. The van der Waals surface area contributed by atoms with Crippen molar-refractivity contribution in [3.05, 3.63) is 24.3 Å². The summed E-state index contributed by atoms with van der Waals surface area (Å²) in [4.78, 5) is 18.9. The van der Waals surface area contributed by atoms with Gasteiger partial charge in [-0.15, -0.1) is 11.3 Å². The van der Waals surface area contributed by atoms with Crippen LogP contribution in [0.25, 0.3) is 10.2 Å². The lowest BCUT2D eigenvalue weighted by Crippen LogP contribution is -2.41. The van der Waals surface area contributed by atoms with Crippen LogP contribution in [0.4, 0.5) is 0 Å². The molecule has 0 radical (unpaired) electrons. The molecule has 4 nitrogen and oxygen atoms in total. The second-order valence-corrected chi connectivity index (χ2v) is 7.84. The Morgan fingerprint density at radius 1 is 1.57 bits per heavy atom. The van der Waals surface area contributed by atoms with Gasteiger partial charge in [0.1, 0.15) is 0 Å². The summed E-state index contributed by atoms with van der Waals surface area (Å²) in [6, 6.07) is 8.01. The van der Waals surface area contributed by atoms with Crippen LogP contribution in [0.3, 0.4) is 0 Å². The van der Waals surface area contributed by atoms with Crippen molar-refractivity contribution >= 4 is 39.2 Å². The monoisotopic (exact) mass is 322 g/mol. The third-order valence-electron chi connectivity index (χ3n) is 3.77. The molecule has 0 saturated carbocycles. The maximum absolute atomic E-state index is 12.5. The molecule has 1 amide bonds. The lowest BCUT2D eigenvalue weighted by molar-refractivity contribution is -0.131. The average molecular weight is 322 g/mol. The molecule has 2 heterocycles. The Kier molecular flexibility index (Phi) is 4.47. The molecule has 2 aromatic rings. The van der Waals surface area contributed by atoms with Gasteiger partial charge in [-0.2, -0.15) is 0 Å². The molecule has 2 atom stereocenters. The van der Waals surface area contributed by atoms with E-state index >= 15 is 0 Å².